The van der Waals surface area contributed by atoms with Crippen molar-refractivity contribution >= 4 is 0 Å². The van der Waals surface area contributed by atoms with Gasteiger partial charge in [-0.1, -0.05) is 47.0 Å². The summed E-state index contributed by atoms with van der Waals surface area (Å²) >= 11 is 0. The third kappa shape index (κ3) is 7.12. The predicted octanol–water partition coefficient (Wildman–Crippen LogP) is 3.28. The van der Waals surface area contributed by atoms with Crippen molar-refractivity contribution in [3.63, 3.8) is 0 Å². The molecule has 0 aromatic carbocycles. The second-order valence-electron chi connectivity index (χ2n) is 7.72. The summed E-state index contributed by atoms with van der Waals surface area (Å²) in [6.07, 6.45) is 7.86. The van der Waals surface area contributed by atoms with E-state index in [1.807, 2.05) is 0 Å². The molecule has 1 aliphatic carbocycles. The molecule has 0 saturated heterocycles. The Kier molecular flexibility index (Phi) is 8.84. The molecule has 0 bridgehead atoms. The Morgan fingerprint density at radius 1 is 1.29 bits per heavy atom. The van der Waals surface area contributed by atoms with Gasteiger partial charge < -0.3 is 10.4 Å². The molecule has 3 nitrogen and oxygen atoms in total. The smallest absolute Gasteiger partial charge is 0.0558 e. The molecule has 1 unspecified atom stereocenters. The monoisotopic (exact) mass is 298 g/mol. The van der Waals surface area contributed by atoms with E-state index in [0.717, 1.165) is 26.2 Å². The number of rotatable bonds is 11. The van der Waals surface area contributed by atoms with Crippen LogP contribution in [0.5, 0.6) is 0 Å². The van der Waals surface area contributed by atoms with Crippen molar-refractivity contribution in [1.82, 2.24) is 10.2 Å². The number of hydrogen-bond donors (Lipinski definition) is 2. The molecule has 3 heteroatoms. The Morgan fingerprint density at radius 3 is 2.48 bits per heavy atom. The van der Waals surface area contributed by atoms with E-state index in [9.17, 15) is 5.11 Å². The summed E-state index contributed by atoms with van der Waals surface area (Å²) in [5, 5.41) is 13.1. The van der Waals surface area contributed by atoms with Gasteiger partial charge in [-0.3, -0.25) is 4.90 Å². The summed E-state index contributed by atoms with van der Waals surface area (Å²) in [6.45, 7) is 13.7. The van der Waals surface area contributed by atoms with Crippen LogP contribution in [0.25, 0.3) is 0 Å². The van der Waals surface area contributed by atoms with Gasteiger partial charge in [0.2, 0.25) is 0 Å². The predicted molar refractivity (Wildman–Crippen MR) is 91.6 cm³/mol. The lowest BCUT2D eigenvalue weighted by atomic mass is 9.84. The lowest BCUT2D eigenvalue weighted by molar-refractivity contribution is 0.0897. The fourth-order valence-electron chi connectivity index (χ4n) is 3.77. The van der Waals surface area contributed by atoms with Crippen molar-refractivity contribution < 1.29 is 5.11 Å². The normalized spacial score (nSPS) is 19.6. The number of nitrogens with one attached hydrogen (secondary N) is 1. The molecule has 0 aromatic rings. The fraction of sp³-hybridized carbons (Fsp3) is 1.00. The largest absolute Gasteiger partial charge is 0.395 e. The number of hydrogen-bond acceptors (Lipinski definition) is 3. The highest BCUT2D eigenvalue weighted by molar-refractivity contribution is 4.85. The van der Waals surface area contributed by atoms with Gasteiger partial charge in [-0.15, -0.1) is 0 Å². The molecular weight excluding hydrogens is 260 g/mol. The third-order valence-electron chi connectivity index (χ3n) is 4.77. The number of aliphatic hydroxyl groups excluding tert-OH is 1. The van der Waals surface area contributed by atoms with Crippen LogP contribution in [0.2, 0.25) is 0 Å². The SMILES string of the molecule is CCCC(C)(CNCC(C)C)CN(CCO)C1CCCC1. The second-order valence-corrected chi connectivity index (χ2v) is 7.72. The zero-order chi connectivity index (χ0) is 15.7. The van der Waals surface area contributed by atoms with Crippen LogP contribution >= 0.6 is 0 Å². The summed E-state index contributed by atoms with van der Waals surface area (Å²) in [7, 11) is 0. The van der Waals surface area contributed by atoms with E-state index < -0.39 is 0 Å². The van der Waals surface area contributed by atoms with Crippen LogP contribution in [0.3, 0.4) is 0 Å². The van der Waals surface area contributed by atoms with Crippen molar-refractivity contribution in [2.45, 2.75) is 72.3 Å². The highest BCUT2D eigenvalue weighted by atomic mass is 16.3. The average molecular weight is 299 g/mol. The first-order chi connectivity index (χ1) is 10.0. The van der Waals surface area contributed by atoms with E-state index in [-0.39, 0.29) is 6.61 Å². The minimum absolute atomic E-state index is 0.290. The minimum Gasteiger partial charge on any atom is -0.395 e. The Balaban J connectivity index is 2.58. The molecule has 1 saturated carbocycles. The molecular formula is C18H38N2O. The minimum atomic E-state index is 0.290. The zero-order valence-corrected chi connectivity index (χ0v) is 14.8. The first-order valence-electron chi connectivity index (χ1n) is 9.06. The molecule has 1 fully saturated rings. The molecule has 0 amide bonds. The van der Waals surface area contributed by atoms with E-state index in [0.29, 0.717) is 17.4 Å². The standard InChI is InChI=1S/C18H38N2O/c1-5-10-18(4,14-19-13-16(2)3)15-20(11-12-21)17-8-6-7-9-17/h16-17,19,21H,5-15H2,1-4H3. The van der Waals surface area contributed by atoms with Gasteiger partial charge in [0.25, 0.3) is 0 Å². The number of nitrogens with zero attached hydrogens (tertiary/aromatic N) is 1. The molecule has 2 N–H and O–H groups in total. The van der Waals surface area contributed by atoms with Gasteiger partial charge in [-0.25, -0.2) is 0 Å². The Morgan fingerprint density at radius 2 is 1.95 bits per heavy atom. The van der Waals surface area contributed by atoms with Crippen molar-refractivity contribution in [2.75, 3.05) is 32.8 Å². The quantitative estimate of drug-likeness (QED) is 0.614. The first-order valence-corrected chi connectivity index (χ1v) is 9.06. The Bertz CT molecular complexity index is 264. The molecule has 0 aliphatic heterocycles. The first kappa shape index (κ1) is 18.9. The van der Waals surface area contributed by atoms with Gasteiger partial charge in [0.15, 0.2) is 0 Å². The van der Waals surface area contributed by atoms with E-state index in [1.54, 1.807) is 0 Å². The van der Waals surface area contributed by atoms with Crippen LogP contribution in [-0.2, 0) is 0 Å². The molecule has 0 heterocycles. The lowest BCUT2D eigenvalue weighted by Crippen LogP contribution is -2.47. The summed E-state index contributed by atoms with van der Waals surface area (Å²) < 4.78 is 0. The summed E-state index contributed by atoms with van der Waals surface area (Å²) in [4.78, 5) is 2.57. The molecule has 1 atom stereocenters. The van der Waals surface area contributed by atoms with Crippen LogP contribution in [-0.4, -0.2) is 48.8 Å². The highest BCUT2D eigenvalue weighted by Crippen LogP contribution is 2.29. The fourth-order valence-corrected chi connectivity index (χ4v) is 3.77. The topological polar surface area (TPSA) is 35.5 Å². The average Bonchev–Trinajstić information content (AvgIpc) is 2.91. The summed E-state index contributed by atoms with van der Waals surface area (Å²) in [6, 6.07) is 0.707. The summed E-state index contributed by atoms with van der Waals surface area (Å²) in [5.41, 5.74) is 0.321. The maximum Gasteiger partial charge on any atom is 0.0558 e. The maximum atomic E-state index is 9.42. The molecule has 0 aromatic heterocycles. The summed E-state index contributed by atoms with van der Waals surface area (Å²) in [5.74, 6) is 0.708. The molecule has 0 radical (unpaired) electrons. The van der Waals surface area contributed by atoms with E-state index in [1.165, 1.54) is 38.5 Å². The van der Waals surface area contributed by atoms with Gasteiger partial charge >= 0.3 is 0 Å². The van der Waals surface area contributed by atoms with Crippen LogP contribution in [0.4, 0.5) is 0 Å². The Labute approximate surface area is 132 Å². The van der Waals surface area contributed by atoms with Gasteiger partial charge in [0, 0.05) is 25.7 Å². The molecule has 0 spiro atoms. The number of aliphatic hydroxyl groups is 1. The Hall–Kier alpha value is -0.120. The zero-order valence-electron chi connectivity index (χ0n) is 14.8. The van der Waals surface area contributed by atoms with Gasteiger partial charge in [-0.2, -0.15) is 0 Å². The van der Waals surface area contributed by atoms with Gasteiger partial charge in [-0.05, 0) is 37.1 Å². The van der Waals surface area contributed by atoms with Crippen LogP contribution < -0.4 is 5.32 Å². The van der Waals surface area contributed by atoms with E-state index >= 15 is 0 Å². The van der Waals surface area contributed by atoms with Crippen LogP contribution in [0.1, 0.15) is 66.2 Å². The van der Waals surface area contributed by atoms with Crippen LogP contribution in [0.15, 0.2) is 0 Å². The lowest BCUT2D eigenvalue weighted by Gasteiger charge is -2.39. The molecule has 126 valence electrons. The van der Waals surface area contributed by atoms with Crippen molar-refractivity contribution in [3.05, 3.63) is 0 Å². The maximum absolute atomic E-state index is 9.42. The second kappa shape index (κ2) is 9.81. The van der Waals surface area contributed by atoms with Gasteiger partial charge in [0.05, 0.1) is 6.61 Å². The van der Waals surface area contributed by atoms with Crippen molar-refractivity contribution in [2.24, 2.45) is 11.3 Å². The van der Waals surface area contributed by atoms with Gasteiger partial charge in [0.1, 0.15) is 0 Å². The van der Waals surface area contributed by atoms with Crippen molar-refractivity contribution in [1.29, 1.82) is 0 Å². The molecule has 21 heavy (non-hydrogen) atoms. The molecule has 1 rings (SSSR count). The third-order valence-corrected chi connectivity index (χ3v) is 4.77. The van der Waals surface area contributed by atoms with E-state index in [2.05, 4.69) is 37.9 Å². The van der Waals surface area contributed by atoms with Crippen molar-refractivity contribution in [3.8, 4) is 0 Å². The van der Waals surface area contributed by atoms with E-state index in [4.69, 9.17) is 0 Å². The highest BCUT2D eigenvalue weighted by Gasteiger charge is 2.30. The molecule has 1 aliphatic rings. The van der Waals surface area contributed by atoms with Crippen LogP contribution in [0, 0.1) is 11.3 Å².